The van der Waals surface area contributed by atoms with Crippen molar-refractivity contribution in [2.45, 2.75) is 52.4 Å². The van der Waals surface area contributed by atoms with Gasteiger partial charge < -0.3 is 0 Å². The van der Waals surface area contributed by atoms with Crippen LogP contribution in [0.3, 0.4) is 0 Å². The third kappa shape index (κ3) is 2.95. The highest BCUT2D eigenvalue weighted by Crippen LogP contribution is 2.37. The number of hydrogen-bond donors (Lipinski definition) is 0. The van der Waals surface area contributed by atoms with Crippen LogP contribution < -0.4 is 0 Å². The monoisotopic (exact) mass is 266 g/mol. The lowest BCUT2D eigenvalue weighted by molar-refractivity contribution is 0.678. The van der Waals surface area contributed by atoms with Crippen molar-refractivity contribution in [3.8, 4) is 11.1 Å². The molecule has 2 aromatic rings. The van der Waals surface area contributed by atoms with Crippen LogP contribution in [0.5, 0.6) is 0 Å². The van der Waals surface area contributed by atoms with Crippen molar-refractivity contribution in [2.75, 3.05) is 0 Å². The van der Waals surface area contributed by atoms with Crippen LogP contribution in [-0.4, -0.2) is 0 Å². The molecule has 0 aliphatic carbocycles. The van der Waals surface area contributed by atoms with Crippen LogP contribution in [-0.2, 0) is 0 Å². The van der Waals surface area contributed by atoms with Crippen LogP contribution in [0.4, 0.5) is 0 Å². The average molecular weight is 266 g/mol. The van der Waals surface area contributed by atoms with E-state index in [2.05, 4.69) is 76.2 Å². The van der Waals surface area contributed by atoms with Gasteiger partial charge in [0.2, 0.25) is 0 Å². The summed E-state index contributed by atoms with van der Waals surface area (Å²) in [7, 11) is 0. The molecule has 0 heteroatoms. The molecule has 0 bridgehead atoms. The molecule has 2 atom stereocenters. The fraction of sp³-hybridized carbons (Fsp3) is 0.400. The molecule has 0 heterocycles. The minimum absolute atomic E-state index is 0.607. The molecule has 2 aromatic carbocycles. The van der Waals surface area contributed by atoms with Crippen LogP contribution >= 0.6 is 0 Å². The normalized spacial score (nSPS) is 14.0. The minimum atomic E-state index is 0.607. The Bertz CT molecular complexity index is 539. The minimum Gasteiger partial charge on any atom is -0.0648 e. The van der Waals surface area contributed by atoms with E-state index in [0.29, 0.717) is 11.8 Å². The molecule has 0 aromatic heterocycles. The van der Waals surface area contributed by atoms with Crippen molar-refractivity contribution in [3.05, 3.63) is 59.7 Å². The Morgan fingerprint density at radius 2 is 1.40 bits per heavy atom. The molecule has 0 N–H and O–H groups in total. The van der Waals surface area contributed by atoms with Crippen molar-refractivity contribution >= 4 is 0 Å². The summed E-state index contributed by atoms with van der Waals surface area (Å²) in [6.45, 7) is 9.26. The highest BCUT2D eigenvalue weighted by Gasteiger charge is 2.17. The highest BCUT2D eigenvalue weighted by molar-refractivity contribution is 5.69. The fourth-order valence-corrected chi connectivity index (χ4v) is 2.86. The molecule has 0 amide bonds. The zero-order chi connectivity index (χ0) is 14.5. The molecule has 0 saturated carbocycles. The van der Waals surface area contributed by atoms with Gasteiger partial charge in [-0.15, -0.1) is 0 Å². The van der Waals surface area contributed by atoms with Gasteiger partial charge >= 0.3 is 0 Å². The lowest BCUT2D eigenvalue weighted by Gasteiger charge is -2.23. The maximum Gasteiger partial charge on any atom is -0.0146 e. The molecule has 0 spiro atoms. The second-order valence-corrected chi connectivity index (χ2v) is 5.79. The molecule has 0 radical (unpaired) electrons. The first-order chi connectivity index (χ1) is 9.69. The van der Waals surface area contributed by atoms with E-state index < -0.39 is 0 Å². The summed E-state index contributed by atoms with van der Waals surface area (Å²) < 4.78 is 0. The quantitative estimate of drug-likeness (QED) is 0.589. The molecule has 106 valence electrons. The van der Waals surface area contributed by atoms with E-state index in [1.165, 1.54) is 29.5 Å². The summed E-state index contributed by atoms with van der Waals surface area (Å²) in [6, 6.07) is 17.6. The molecule has 0 aliphatic rings. The van der Waals surface area contributed by atoms with Crippen LogP contribution in [0.2, 0.25) is 0 Å². The van der Waals surface area contributed by atoms with E-state index in [0.717, 1.165) is 0 Å². The molecule has 0 nitrogen and oxygen atoms in total. The average Bonchev–Trinajstić information content (AvgIpc) is 2.53. The van der Waals surface area contributed by atoms with Gasteiger partial charge in [-0.3, -0.25) is 0 Å². The van der Waals surface area contributed by atoms with E-state index >= 15 is 0 Å². The van der Waals surface area contributed by atoms with E-state index in [1.807, 2.05) is 0 Å². The summed E-state index contributed by atoms with van der Waals surface area (Å²) in [5, 5.41) is 0. The molecule has 0 unspecified atom stereocenters. The Morgan fingerprint density at radius 1 is 0.750 bits per heavy atom. The Hall–Kier alpha value is -1.56. The van der Waals surface area contributed by atoms with Crippen LogP contribution in [0.1, 0.15) is 63.5 Å². The Balaban J connectivity index is 2.62. The fourth-order valence-electron chi connectivity index (χ4n) is 2.86. The number of rotatable bonds is 5. The summed E-state index contributed by atoms with van der Waals surface area (Å²) in [4.78, 5) is 0. The Kier molecular flexibility index (Phi) is 5.00. The SMILES string of the molecule is CC[C@@H](C)c1cccc(-c2ccccc2)c1[C@H](C)CC. The zero-order valence-corrected chi connectivity index (χ0v) is 13.2. The number of hydrogen-bond acceptors (Lipinski definition) is 0. The van der Waals surface area contributed by atoms with Gasteiger partial charge in [-0.25, -0.2) is 0 Å². The van der Waals surface area contributed by atoms with E-state index in [1.54, 1.807) is 5.56 Å². The lowest BCUT2D eigenvalue weighted by atomic mass is 9.82. The molecule has 20 heavy (non-hydrogen) atoms. The van der Waals surface area contributed by atoms with Crippen LogP contribution in [0, 0.1) is 0 Å². The maximum absolute atomic E-state index is 2.35. The zero-order valence-electron chi connectivity index (χ0n) is 13.2. The van der Waals surface area contributed by atoms with Gasteiger partial charge in [0.15, 0.2) is 0 Å². The van der Waals surface area contributed by atoms with Crippen molar-refractivity contribution < 1.29 is 0 Å². The molecular weight excluding hydrogens is 240 g/mol. The van der Waals surface area contributed by atoms with Gasteiger partial charge in [-0.2, -0.15) is 0 Å². The predicted molar refractivity (Wildman–Crippen MR) is 89.3 cm³/mol. The van der Waals surface area contributed by atoms with Crippen molar-refractivity contribution in [1.82, 2.24) is 0 Å². The summed E-state index contributed by atoms with van der Waals surface area (Å²) >= 11 is 0. The first-order valence-corrected chi connectivity index (χ1v) is 7.87. The van der Waals surface area contributed by atoms with Crippen molar-refractivity contribution in [3.63, 3.8) is 0 Å². The van der Waals surface area contributed by atoms with Crippen LogP contribution in [0.25, 0.3) is 11.1 Å². The first kappa shape index (κ1) is 14.8. The van der Waals surface area contributed by atoms with Crippen LogP contribution in [0.15, 0.2) is 48.5 Å². The standard InChI is InChI=1S/C20H26/c1-5-15(3)18-13-10-14-19(20(18)16(4)6-2)17-11-8-7-9-12-17/h7-16H,5-6H2,1-4H3/t15-,16-/m1/s1. The highest BCUT2D eigenvalue weighted by atomic mass is 14.2. The van der Waals surface area contributed by atoms with E-state index in [9.17, 15) is 0 Å². The molecule has 0 saturated heterocycles. The van der Waals surface area contributed by atoms with Gasteiger partial charge in [0.05, 0.1) is 0 Å². The number of benzene rings is 2. The summed E-state index contributed by atoms with van der Waals surface area (Å²) in [5.41, 5.74) is 5.84. The van der Waals surface area contributed by atoms with Crippen molar-refractivity contribution in [2.24, 2.45) is 0 Å². The molecular formula is C20H26. The lowest BCUT2D eigenvalue weighted by Crippen LogP contribution is -2.04. The Morgan fingerprint density at radius 3 is 2.00 bits per heavy atom. The van der Waals surface area contributed by atoms with Gasteiger partial charge in [0.25, 0.3) is 0 Å². The summed E-state index contributed by atoms with van der Waals surface area (Å²) in [5.74, 6) is 1.23. The topological polar surface area (TPSA) is 0 Å². The van der Waals surface area contributed by atoms with Gasteiger partial charge in [0, 0.05) is 0 Å². The van der Waals surface area contributed by atoms with Gasteiger partial charge in [-0.05, 0) is 46.9 Å². The molecule has 0 aliphatic heterocycles. The largest absolute Gasteiger partial charge is 0.0648 e. The summed E-state index contributed by atoms with van der Waals surface area (Å²) in [6.07, 6.45) is 2.38. The third-order valence-electron chi connectivity index (χ3n) is 4.47. The molecule has 0 fully saturated rings. The van der Waals surface area contributed by atoms with E-state index in [4.69, 9.17) is 0 Å². The smallest absolute Gasteiger partial charge is 0.0146 e. The maximum atomic E-state index is 2.35. The second-order valence-electron chi connectivity index (χ2n) is 5.79. The first-order valence-electron chi connectivity index (χ1n) is 7.87. The third-order valence-corrected chi connectivity index (χ3v) is 4.47. The van der Waals surface area contributed by atoms with Gasteiger partial charge in [-0.1, -0.05) is 76.2 Å². The van der Waals surface area contributed by atoms with Gasteiger partial charge in [0.1, 0.15) is 0 Å². The van der Waals surface area contributed by atoms with Crippen molar-refractivity contribution in [1.29, 1.82) is 0 Å². The van der Waals surface area contributed by atoms with E-state index in [-0.39, 0.29) is 0 Å². The molecule has 2 rings (SSSR count). The Labute approximate surface area is 123 Å². The second kappa shape index (κ2) is 6.74. The predicted octanol–water partition coefficient (Wildman–Crippen LogP) is 6.38.